The van der Waals surface area contributed by atoms with Crippen LogP contribution < -0.4 is 10.2 Å². The predicted molar refractivity (Wildman–Crippen MR) is 97.1 cm³/mol. The van der Waals surface area contributed by atoms with E-state index in [-0.39, 0.29) is 5.91 Å². The topological polar surface area (TPSA) is 48.5 Å². The van der Waals surface area contributed by atoms with Crippen LogP contribution in [0.15, 0.2) is 18.3 Å². The SMILES string of the molecule is CC.CCNC(=O)c1ccc(N2CCN(CC(C)C)CC2)nc1. The average Bonchev–Trinajstić information content (AvgIpc) is 2.57. The van der Waals surface area contributed by atoms with Crippen molar-refractivity contribution in [2.45, 2.75) is 34.6 Å². The molecule has 0 bridgehead atoms. The van der Waals surface area contributed by atoms with Gasteiger partial charge in [-0.25, -0.2) is 4.98 Å². The first-order chi connectivity index (χ1) is 11.1. The Balaban J connectivity index is 0.00000127. The molecule has 1 aromatic rings. The molecule has 0 atom stereocenters. The van der Waals surface area contributed by atoms with E-state index in [1.54, 1.807) is 6.20 Å². The lowest BCUT2D eigenvalue weighted by Crippen LogP contribution is -2.47. The highest BCUT2D eigenvalue weighted by Crippen LogP contribution is 2.14. The third-order valence-corrected chi connectivity index (χ3v) is 3.67. The zero-order valence-corrected chi connectivity index (χ0v) is 15.3. The lowest BCUT2D eigenvalue weighted by Gasteiger charge is -2.36. The minimum Gasteiger partial charge on any atom is -0.354 e. The highest BCUT2D eigenvalue weighted by atomic mass is 16.1. The number of amides is 1. The van der Waals surface area contributed by atoms with Gasteiger partial charge in [0.2, 0.25) is 0 Å². The zero-order valence-electron chi connectivity index (χ0n) is 15.3. The molecule has 2 rings (SSSR count). The second kappa shape index (κ2) is 10.2. The van der Waals surface area contributed by atoms with Crippen molar-refractivity contribution in [2.24, 2.45) is 5.92 Å². The maximum absolute atomic E-state index is 11.7. The summed E-state index contributed by atoms with van der Waals surface area (Å²) >= 11 is 0. The zero-order chi connectivity index (χ0) is 17.2. The molecule has 2 heterocycles. The van der Waals surface area contributed by atoms with Crippen LogP contribution in [0.1, 0.15) is 45.0 Å². The van der Waals surface area contributed by atoms with Gasteiger partial charge in [0.25, 0.3) is 5.91 Å². The molecule has 0 unspecified atom stereocenters. The Morgan fingerprint density at radius 3 is 2.35 bits per heavy atom. The van der Waals surface area contributed by atoms with Crippen LogP contribution in [-0.2, 0) is 0 Å². The molecule has 23 heavy (non-hydrogen) atoms. The second-order valence-electron chi connectivity index (χ2n) is 5.95. The summed E-state index contributed by atoms with van der Waals surface area (Å²) in [5.41, 5.74) is 0.624. The normalized spacial score (nSPS) is 15.1. The van der Waals surface area contributed by atoms with Crippen molar-refractivity contribution in [1.29, 1.82) is 0 Å². The summed E-state index contributed by atoms with van der Waals surface area (Å²) in [6, 6.07) is 3.80. The molecule has 0 radical (unpaired) electrons. The molecule has 1 fully saturated rings. The van der Waals surface area contributed by atoms with Crippen molar-refractivity contribution in [3.05, 3.63) is 23.9 Å². The van der Waals surface area contributed by atoms with E-state index in [1.165, 1.54) is 0 Å². The molecule has 130 valence electrons. The molecule has 0 aromatic carbocycles. The standard InChI is InChI=1S/C16H26N4O.C2H6/c1-4-17-16(21)14-5-6-15(18-11-14)20-9-7-19(8-10-20)12-13(2)3;1-2/h5-6,11,13H,4,7-10,12H2,1-3H3,(H,17,21);1-2H3. The van der Waals surface area contributed by atoms with Crippen LogP contribution in [0, 0.1) is 5.92 Å². The number of pyridine rings is 1. The number of hydrogen-bond acceptors (Lipinski definition) is 4. The number of carbonyl (C=O) groups is 1. The third kappa shape index (κ3) is 6.18. The summed E-state index contributed by atoms with van der Waals surface area (Å²) in [4.78, 5) is 20.9. The van der Waals surface area contributed by atoms with E-state index in [2.05, 4.69) is 33.9 Å². The molecule has 1 amide bonds. The Morgan fingerprint density at radius 2 is 1.87 bits per heavy atom. The van der Waals surface area contributed by atoms with Crippen LogP contribution in [0.25, 0.3) is 0 Å². The fourth-order valence-electron chi connectivity index (χ4n) is 2.65. The van der Waals surface area contributed by atoms with Crippen molar-refractivity contribution < 1.29 is 4.79 Å². The predicted octanol–water partition coefficient (Wildman–Crippen LogP) is 2.64. The van der Waals surface area contributed by atoms with Crippen molar-refractivity contribution in [3.8, 4) is 0 Å². The van der Waals surface area contributed by atoms with Gasteiger partial charge in [-0.15, -0.1) is 0 Å². The number of nitrogens with zero attached hydrogens (tertiary/aromatic N) is 3. The van der Waals surface area contributed by atoms with E-state index in [1.807, 2.05) is 32.9 Å². The molecule has 1 aliphatic heterocycles. The summed E-state index contributed by atoms with van der Waals surface area (Å²) in [5, 5.41) is 2.79. The molecular weight excluding hydrogens is 288 g/mol. The van der Waals surface area contributed by atoms with E-state index >= 15 is 0 Å². The summed E-state index contributed by atoms with van der Waals surface area (Å²) in [6.07, 6.45) is 1.67. The number of piperazine rings is 1. The van der Waals surface area contributed by atoms with Gasteiger partial charge in [-0.2, -0.15) is 0 Å². The molecule has 5 heteroatoms. The van der Waals surface area contributed by atoms with Crippen LogP contribution >= 0.6 is 0 Å². The fraction of sp³-hybridized carbons (Fsp3) is 0.667. The van der Waals surface area contributed by atoms with Gasteiger partial charge in [0.05, 0.1) is 5.56 Å². The van der Waals surface area contributed by atoms with E-state index < -0.39 is 0 Å². The first-order valence-corrected chi connectivity index (χ1v) is 8.81. The van der Waals surface area contributed by atoms with Gasteiger partial charge >= 0.3 is 0 Å². The van der Waals surface area contributed by atoms with Crippen LogP contribution in [0.3, 0.4) is 0 Å². The number of aromatic nitrogens is 1. The second-order valence-corrected chi connectivity index (χ2v) is 5.95. The number of hydrogen-bond donors (Lipinski definition) is 1. The van der Waals surface area contributed by atoms with E-state index in [9.17, 15) is 4.79 Å². The Hall–Kier alpha value is -1.62. The van der Waals surface area contributed by atoms with Crippen molar-refractivity contribution in [2.75, 3.05) is 44.2 Å². The Kier molecular flexibility index (Phi) is 8.62. The third-order valence-electron chi connectivity index (χ3n) is 3.67. The summed E-state index contributed by atoms with van der Waals surface area (Å²) in [6.45, 7) is 16.4. The van der Waals surface area contributed by atoms with Crippen LogP contribution in [-0.4, -0.2) is 55.1 Å². The van der Waals surface area contributed by atoms with Crippen LogP contribution in [0.2, 0.25) is 0 Å². The van der Waals surface area contributed by atoms with Gasteiger partial charge in [0.15, 0.2) is 0 Å². The van der Waals surface area contributed by atoms with Crippen LogP contribution in [0.5, 0.6) is 0 Å². The molecule has 5 nitrogen and oxygen atoms in total. The fourth-order valence-corrected chi connectivity index (χ4v) is 2.65. The largest absolute Gasteiger partial charge is 0.354 e. The highest BCUT2D eigenvalue weighted by molar-refractivity contribution is 5.93. The minimum atomic E-state index is -0.0571. The summed E-state index contributed by atoms with van der Waals surface area (Å²) < 4.78 is 0. The first-order valence-electron chi connectivity index (χ1n) is 8.81. The lowest BCUT2D eigenvalue weighted by atomic mass is 10.2. The maximum Gasteiger partial charge on any atom is 0.252 e. The molecule has 0 spiro atoms. The van der Waals surface area contributed by atoms with Crippen LogP contribution in [0.4, 0.5) is 5.82 Å². The maximum atomic E-state index is 11.7. The number of rotatable bonds is 5. The number of anilines is 1. The number of carbonyl (C=O) groups excluding carboxylic acids is 1. The van der Waals surface area contributed by atoms with Crippen molar-refractivity contribution in [3.63, 3.8) is 0 Å². The molecule has 1 aliphatic rings. The van der Waals surface area contributed by atoms with Gasteiger partial charge in [-0.05, 0) is 25.0 Å². The number of nitrogens with one attached hydrogen (secondary N) is 1. The smallest absolute Gasteiger partial charge is 0.252 e. The van der Waals surface area contributed by atoms with Gasteiger partial charge in [-0.3, -0.25) is 9.69 Å². The van der Waals surface area contributed by atoms with E-state index in [0.29, 0.717) is 18.0 Å². The van der Waals surface area contributed by atoms with Gasteiger partial charge in [0.1, 0.15) is 5.82 Å². The van der Waals surface area contributed by atoms with E-state index in [4.69, 9.17) is 0 Å². The van der Waals surface area contributed by atoms with Gasteiger partial charge in [0, 0.05) is 45.5 Å². The Bertz CT molecular complexity index is 451. The summed E-state index contributed by atoms with van der Waals surface area (Å²) in [5.74, 6) is 1.62. The minimum absolute atomic E-state index is 0.0571. The van der Waals surface area contributed by atoms with Crippen molar-refractivity contribution in [1.82, 2.24) is 15.2 Å². The van der Waals surface area contributed by atoms with Gasteiger partial charge in [-0.1, -0.05) is 27.7 Å². The quantitative estimate of drug-likeness (QED) is 0.906. The summed E-state index contributed by atoms with van der Waals surface area (Å²) in [7, 11) is 0. The molecule has 1 aromatic heterocycles. The lowest BCUT2D eigenvalue weighted by molar-refractivity contribution is 0.0955. The Labute approximate surface area is 141 Å². The molecule has 1 saturated heterocycles. The van der Waals surface area contributed by atoms with Gasteiger partial charge < -0.3 is 10.2 Å². The van der Waals surface area contributed by atoms with E-state index in [0.717, 1.165) is 38.5 Å². The molecule has 0 aliphatic carbocycles. The highest BCUT2D eigenvalue weighted by Gasteiger charge is 2.18. The molecule has 1 N–H and O–H groups in total. The van der Waals surface area contributed by atoms with Crippen molar-refractivity contribution >= 4 is 11.7 Å². The first kappa shape index (κ1) is 19.4. The Morgan fingerprint density at radius 1 is 1.22 bits per heavy atom. The average molecular weight is 320 g/mol. The molecule has 0 saturated carbocycles. The monoisotopic (exact) mass is 320 g/mol. The molecular formula is C18H32N4O.